The van der Waals surface area contributed by atoms with Crippen LogP contribution in [0.5, 0.6) is 0 Å². The number of nitrogens with zero attached hydrogens (tertiary/aromatic N) is 2. The SMILES string of the molecule is CCC(C(=O)[SH](=O)=O)C1CCN(N2CCCC(F)(F)C2)C2=CCCCC21. The molecule has 2 aliphatic heterocycles. The molecule has 2 heterocycles. The first-order chi connectivity index (χ1) is 12.3. The van der Waals surface area contributed by atoms with Crippen molar-refractivity contribution in [3.8, 4) is 0 Å². The zero-order valence-corrected chi connectivity index (χ0v) is 16.1. The summed E-state index contributed by atoms with van der Waals surface area (Å²) in [7, 11) is -3.07. The molecule has 3 aliphatic rings. The summed E-state index contributed by atoms with van der Waals surface area (Å²) >= 11 is 0. The van der Waals surface area contributed by atoms with E-state index >= 15 is 0 Å². The molecule has 0 aromatic rings. The van der Waals surface area contributed by atoms with E-state index in [1.54, 1.807) is 5.01 Å². The fourth-order valence-corrected chi connectivity index (χ4v) is 5.60. The van der Waals surface area contributed by atoms with Crippen molar-refractivity contribution in [1.29, 1.82) is 0 Å². The summed E-state index contributed by atoms with van der Waals surface area (Å²) in [6.45, 7) is 2.78. The van der Waals surface area contributed by atoms with Crippen LogP contribution in [0, 0.1) is 17.8 Å². The van der Waals surface area contributed by atoms with E-state index in [-0.39, 0.29) is 24.8 Å². The third-order valence-electron chi connectivity index (χ3n) is 6.11. The van der Waals surface area contributed by atoms with Crippen LogP contribution in [0.25, 0.3) is 0 Å². The Labute approximate surface area is 155 Å². The number of hydrazine groups is 1. The highest BCUT2D eigenvalue weighted by Gasteiger charge is 2.45. The Balaban J connectivity index is 1.83. The number of hydrogen-bond acceptors (Lipinski definition) is 5. The Morgan fingerprint density at radius 1 is 1.31 bits per heavy atom. The van der Waals surface area contributed by atoms with Gasteiger partial charge in [-0.05, 0) is 44.4 Å². The first-order valence-electron chi connectivity index (χ1n) is 9.62. The van der Waals surface area contributed by atoms with Gasteiger partial charge in [0.2, 0.25) is 15.8 Å². The van der Waals surface area contributed by atoms with Crippen molar-refractivity contribution in [1.82, 2.24) is 10.0 Å². The van der Waals surface area contributed by atoms with Crippen LogP contribution in [0.1, 0.15) is 51.9 Å². The van der Waals surface area contributed by atoms with Gasteiger partial charge in [0.1, 0.15) is 0 Å². The van der Waals surface area contributed by atoms with Gasteiger partial charge in [-0.3, -0.25) is 4.79 Å². The second-order valence-electron chi connectivity index (χ2n) is 7.70. The molecule has 5 nitrogen and oxygen atoms in total. The second kappa shape index (κ2) is 7.92. The highest BCUT2D eigenvalue weighted by atomic mass is 32.2. The number of rotatable bonds is 4. The van der Waals surface area contributed by atoms with Gasteiger partial charge in [-0.2, -0.15) is 0 Å². The molecule has 1 aliphatic carbocycles. The molecule has 3 rings (SSSR count). The van der Waals surface area contributed by atoms with Crippen molar-refractivity contribution in [3.05, 3.63) is 11.8 Å². The van der Waals surface area contributed by atoms with Crippen LogP contribution >= 0.6 is 0 Å². The van der Waals surface area contributed by atoms with Crippen molar-refractivity contribution in [2.45, 2.75) is 57.8 Å². The fraction of sp³-hybridized carbons (Fsp3) is 0.833. The molecule has 2 saturated heterocycles. The number of carbonyl (C=O) groups excluding carboxylic acids is 1. The molecule has 0 bridgehead atoms. The molecular formula is C18H28F2N2O3S. The van der Waals surface area contributed by atoms with Crippen molar-refractivity contribution in [2.24, 2.45) is 17.8 Å². The molecule has 0 amide bonds. The fourth-order valence-electron chi connectivity index (χ4n) is 4.95. The first-order valence-corrected chi connectivity index (χ1v) is 10.8. The van der Waals surface area contributed by atoms with E-state index < -0.39 is 27.7 Å². The first kappa shape index (κ1) is 19.7. The van der Waals surface area contributed by atoms with Gasteiger partial charge in [0.25, 0.3) is 5.92 Å². The Morgan fingerprint density at radius 2 is 2.08 bits per heavy atom. The average molecular weight is 390 g/mol. The predicted molar refractivity (Wildman–Crippen MR) is 95.1 cm³/mol. The van der Waals surface area contributed by atoms with Crippen LogP contribution in [0.4, 0.5) is 8.78 Å². The van der Waals surface area contributed by atoms with Gasteiger partial charge >= 0.3 is 0 Å². The van der Waals surface area contributed by atoms with E-state index in [1.165, 1.54) is 0 Å². The Morgan fingerprint density at radius 3 is 2.73 bits per heavy atom. The third kappa shape index (κ3) is 3.96. The molecule has 8 heteroatoms. The number of thiol groups is 1. The molecule has 0 aromatic carbocycles. The largest absolute Gasteiger partial charge is 0.310 e. The van der Waals surface area contributed by atoms with Gasteiger partial charge in [-0.1, -0.05) is 13.0 Å². The molecule has 0 saturated carbocycles. The number of hydrogen-bond donors (Lipinski definition) is 1. The van der Waals surface area contributed by atoms with Crippen LogP contribution in [0.15, 0.2) is 11.8 Å². The van der Waals surface area contributed by atoms with E-state index in [4.69, 9.17) is 0 Å². The van der Waals surface area contributed by atoms with Crippen molar-refractivity contribution >= 4 is 15.8 Å². The zero-order chi connectivity index (χ0) is 18.9. The zero-order valence-electron chi connectivity index (χ0n) is 15.2. The van der Waals surface area contributed by atoms with Gasteiger partial charge in [-0.15, -0.1) is 0 Å². The van der Waals surface area contributed by atoms with Crippen LogP contribution < -0.4 is 0 Å². The standard InChI is InChI=1S/C18H28F2N2O3S/c1-2-13(17(23)26(24)25)14-8-11-22(16-7-4-3-6-15(14)16)21-10-5-9-18(19,20)12-21/h7,13-15,26H,2-6,8-12H2,1H3. The lowest BCUT2D eigenvalue weighted by molar-refractivity contribution is -0.141. The minimum atomic E-state index is -3.07. The maximum absolute atomic E-state index is 13.9. The molecule has 3 unspecified atom stereocenters. The smallest absolute Gasteiger partial charge is 0.262 e. The van der Waals surface area contributed by atoms with Crippen LogP contribution in [0.2, 0.25) is 0 Å². The highest BCUT2D eigenvalue weighted by Crippen LogP contribution is 2.44. The van der Waals surface area contributed by atoms with Crippen molar-refractivity contribution in [3.63, 3.8) is 0 Å². The number of piperidine rings is 2. The second-order valence-corrected chi connectivity index (χ2v) is 8.65. The Kier molecular flexibility index (Phi) is 6.01. The summed E-state index contributed by atoms with van der Waals surface area (Å²) in [5.41, 5.74) is 1.03. The number of alkyl halides is 2. The van der Waals surface area contributed by atoms with Gasteiger partial charge < -0.3 is 5.01 Å². The molecule has 0 aromatic heterocycles. The van der Waals surface area contributed by atoms with Gasteiger partial charge in [0, 0.05) is 37.0 Å². The van der Waals surface area contributed by atoms with E-state index in [1.807, 2.05) is 11.9 Å². The van der Waals surface area contributed by atoms with Crippen molar-refractivity contribution in [2.75, 3.05) is 19.6 Å². The molecule has 2 fully saturated rings. The van der Waals surface area contributed by atoms with E-state index in [0.29, 0.717) is 32.4 Å². The van der Waals surface area contributed by atoms with E-state index in [0.717, 1.165) is 25.0 Å². The molecule has 0 radical (unpaired) electrons. The minimum Gasteiger partial charge on any atom is -0.310 e. The summed E-state index contributed by atoms with van der Waals surface area (Å²) in [4.78, 5) is 12.2. The van der Waals surface area contributed by atoms with Crippen LogP contribution in [-0.2, 0) is 15.5 Å². The summed E-state index contributed by atoms with van der Waals surface area (Å²) in [6.07, 6.45) is 6.46. The molecular weight excluding hydrogens is 362 g/mol. The quantitative estimate of drug-likeness (QED) is 0.748. The van der Waals surface area contributed by atoms with E-state index in [9.17, 15) is 22.0 Å². The molecule has 0 spiro atoms. The third-order valence-corrected chi connectivity index (χ3v) is 6.80. The highest BCUT2D eigenvalue weighted by molar-refractivity contribution is 7.89. The summed E-state index contributed by atoms with van der Waals surface area (Å²) < 4.78 is 50.3. The normalized spacial score (nSPS) is 30.6. The summed E-state index contributed by atoms with van der Waals surface area (Å²) in [6, 6.07) is 0. The molecule has 0 N–H and O–H groups in total. The Bertz CT molecular complexity index is 642. The predicted octanol–water partition coefficient (Wildman–Crippen LogP) is 2.80. The van der Waals surface area contributed by atoms with E-state index in [2.05, 4.69) is 6.08 Å². The van der Waals surface area contributed by atoms with Crippen LogP contribution in [-0.4, -0.2) is 49.1 Å². The summed E-state index contributed by atoms with van der Waals surface area (Å²) in [5.74, 6) is -3.10. The van der Waals surface area contributed by atoms with Crippen molar-refractivity contribution < 1.29 is 22.0 Å². The van der Waals surface area contributed by atoms with Crippen LogP contribution in [0.3, 0.4) is 0 Å². The number of carbonyl (C=O) groups is 1. The lowest BCUT2D eigenvalue weighted by Gasteiger charge is -2.51. The minimum absolute atomic E-state index is 0.0199. The monoisotopic (exact) mass is 390 g/mol. The maximum atomic E-state index is 13.9. The maximum Gasteiger partial charge on any atom is 0.262 e. The topological polar surface area (TPSA) is 57.7 Å². The molecule has 3 atom stereocenters. The number of halogens is 2. The molecule has 148 valence electrons. The number of fused-ring (bicyclic) bond motifs is 1. The van der Waals surface area contributed by atoms with Gasteiger partial charge in [0.15, 0.2) is 0 Å². The lowest BCUT2D eigenvalue weighted by atomic mass is 9.71. The summed E-state index contributed by atoms with van der Waals surface area (Å²) in [5, 5.41) is 3.10. The Hall–Kier alpha value is -1.02. The number of allylic oxidation sites excluding steroid dienone is 2. The lowest BCUT2D eigenvalue weighted by Crippen LogP contribution is -2.56. The van der Waals surface area contributed by atoms with Gasteiger partial charge in [-0.25, -0.2) is 22.2 Å². The average Bonchev–Trinajstić information content (AvgIpc) is 2.61. The molecule has 26 heavy (non-hydrogen) atoms. The van der Waals surface area contributed by atoms with Gasteiger partial charge in [0.05, 0.1) is 6.54 Å².